The summed E-state index contributed by atoms with van der Waals surface area (Å²) in [7, 11) is 0. The van der Waals surface area contributed by atoms with Crippen molar-refractivity contribution in [3.05, 3.63) is 49.3 Å². The van der Waals surface area contributed by atoms with E-state index in [1.807, 2.05) is 10.8 Å². The minimum Gasteiger partial charge on any atom is -0.344 e. The monoisotopic (exact) mass is 278 g/mol. The van der Waals surface area contributed by atoms with E-state index >= 15 is 0 Å². The van der Waals surface area contributed by atoms with Crippen LogP contribution in [0.3, 0.4) is 0 Å². The number of nitrogens with zero attached hydrogens (tertiary/aromatic N) is 2. The number of benzene rings is 1. The predicted molar refractivity (Wildman–Crippen MR) is 72.9 cm³/mol. The summed E-state index contributed by atoms with van der Waals surface area (Å²) in [4.78, 5) is 22.5. The first-order valence-electron chi connectivity index (χ1n) is 5.98. The van der Waals surface area contributed by atoms with E-state index < -0.39 is 4.92 Å². The molecule has 1 aromatic heterocycles. The molecule has 3 rings (SSSR count). The number of aromatic nitrogens is 1. The number of pyridine rings is 1. The van der Waals surface area contributed by atoms with Gasteiger partial charge >= 0.3 is 0 Å². The van der Waals surface area contributed by atoms with Crippen LogP contribution in [-0.4, -0.2) is 9.49 Å². The average Bonchev–Trinajstić information content (AvgIpc) is 3.17. The van der Waals surface area contributed by atoms with Crippen LogP contribution in [0.5, 0.6) is 0 Å². The number of halogens is 1. The van der Waals surface area contributed by atoms with Gasteiger partial charge in [-0.1, -0.05) is 11.6 Å². The van der Waals surface area contributed by atoms with Crippen LogP contribution in [-0.2, 0) is 0 Å². The van der Waals surface area contributed by atoms with Crippen molar-refractivity contribution in [1.29, 1.82) is 0 Å². The molecule has 0 spiro atoms. The van der Waals surface area contributed by atoms with E-state index in [-0.39, 0.29) is 16.1 Å². The first kappa shape index (κ1) is 12.2. The normalized spacial score (nSPS) is 14.8. The number of nitro benzene ring substituents is 1. The van der Waals surface area contributed by atoms with Gasteiger partial charge in [0.05, 0.1) is 15.8 Å². The molecule has 19 heavy (non-hydrogen) atoms. The van der Waals surface area contributed by atoms with Gasteiger partial charge in [-0.2, -0.15) is 0 Å². The first-order valence-corrected chi connectivity index (χ1v) is 6.36. The van der Waals surface area contributed by atoms with Crippen molar-refractivity contribution in [3.63, 3.8) is 0 Å². The van der Waals surface area contributed by atoms with Crippen molar-refractivity contribution in [2.75, 3.05) is 0 Å². The summed E-state index contributed by atoms with van der Waals surface area (Å²) in [5.74, 6) is 0. The third kappa shape index (κ3) is 1.90. The van der Waals surface area contributed by atoms with Crippen molar-refractivity contribution in [3.8, 4) is 0 Å². The molecule has 0 atom stereocenters. The summed E-state index contributed by atoms with van der Waals surface area (Å²) in [6.07, 6.45) is 3.93. The molecule has 1 aliphatic carbocycles. The van der Waals surface area contributed by atoms with Gasteiger partial charge in [-0.05, 0) is 25.8 Å². The zero-order valence-corrected chi connectivity index (χ0v) is 11.0. The van der Waals surface area contributed by atoms with E-state index in [2.05, 4.69) is 0 Å². The maximum absolute atomic E-state index is 12.1. The van der Waals surface area contributed by atoms with E-state index in [1.54, 1.807) is 6.92 Å². The second-order valence-corrected chi connectivity index (χ2v) is 5.26. The summed E-state index contributed by atoms with van der Waals surface area (Å²) in [6.45, 7) is 1.72. The quantitative estimate of drug-likeness (QED) is 0.626. The van der Waals surface area contributed by atoms with Crippen LogP contribution < -0.4 is 5.43 Å². The number of aryl methyl sites for hydroxylation is 1. The number of nitro groups is 1. The highest BCUT2D eigenvalue weighted by atomic mass is 35.5. The lowest BCUT2D eigenvalue weighted by Gasteiger charge is -2.11. The molecule has 0 unspecified atom stereocenters. The highest BCUT2D eigenvalue weighted by molar-refractivity contribution is 6.33. The van der Waals surface area contributed by atoms with Crippen LogP contribution in [0.4, 0.5) is 5.69 Å². The summed E-state index contributed by atoms with van der Waals surface area (Å²) in [5, 5.41) is 11.3. The van der Waals surface area contributed by atoms with Gasteiger partial charge in [0, 0.05) is 23.9 Å². The summed E-state index contributed by atoms with van der Waals surface area (Å²) in [5.41, 5.74) is 0.871. The Labute approximate surface area is 113 Å². The fraction of sp³-hybridized carbons (Fsp3) is 0.308. The van der Waals surface area contributed by atoms with E-state index in [9.17, 15) is 14.9 Å². The minimum atomic E-state index is -0.564. The number of fused-ring (bicyclic) bond motifs is 1. The Morgan fingerprint density at radius 2 is 2.11 bits per heavy atom. The van der Waals surface area contributed by atoms with Gasteiger partial charge in [-0.25, -0.2) is 0 Å². The molecular formula is C13H11ClN2O3. The summed E-state index contributed by atoms with van der Waals surface area (Å²) < 4.78 is 2.00. The molecule has 1 saturated carbocycles. The first-order chi connectivity index (χ1) is 8.99. The van der Waals surface area contributed by atoms with Crippen LogP contribution in [0.2, 0.25) is 5.02 Å². The Hall–Kier alpha value is -1.88. The molecule has 6 heteroatoms. The number of hydrogen-bond donors (Lipinski definition) is 0. The molecule has 0 amide bonds. The molecule has 1 aliphatic rings. The third-order valence-electron chi connectivity index (χ3n) is 3.42. The van der Waals surface area contributed by atoms with E-state index in [1.165, 1.54) is 12.1 Å². The molecule has 0 radical (unpaired) electrons. The highest BCUT2D eigenvalue weighted by Crippen LogP contribution is 2.38. The van der Waals surface area contributed by atoms with Gasteiger partial charge < -0.3 is 4.57 Å². The Morgan fingerprint density at radius 1 is 1.42 bits per heavy atom. The van der Waals surface area contributed by atoms with Gasteiger partial charge in [0.15, 0.2) is 5.43 Å². The SMILES string of the molecule is Cc1cn(C2CC2)c2cc(Cl)c([N+](=O)[O-])cc2c1=O. The van der Waals surface area contributed by atoms with Crippen LogP contribution in [0.25, 0.3) is 10.9 Å². The molecule has 5 nitrogen and oxygen atoms in total. The van der Waals surface area contributed by atoms with E-state index in [0.717, 1.165) is 12.8 Å². The summed E-state index contributed by atoms with van der Waals surface area (Å²) >= 11 is 5.93. The predicted octanol–water partition coefficient (Wildman–Crippen LogP) is 3.21. The standard InChI is InChI=1S/C13H11ClN2O3/c1-7-6-15(8-2-3-8)11-5-10(14)12(16(18)19)4-9(11)13(7)17/h4-6,8H,2-3H2,1H3. The minimum absolute atomic E-state index is 0.0650. The van der Waals surface area contributed by atoms with Gasteiger partial charge in [0.1, 0.15) is 5.02 Å². The molecule has 98 valence electrons. The van der Waals surface area contributed by atoms with Crippen LogP contribution in [0.15, 0.2) is 23.1 Å². The highest BCUT2D eigenvalue weighted by Gasteiger charge is 2.26. The van der Waals surface area contributed by atoms with Crippen molar-refractivity contribution in [1.82, 2.24) is 4.57 Å². The Balaban J connectivity index is 2.42. The van der Waals surface area contributed by atoms with E-state index in [4.69, 9.17) is 11.6 Å². The molecule has 0 aliphatic heterocycles. The topological polar surface area (TPSA) is 65.1 Å². The van der Waals surface area contributed by atoms with Crippen molar-refractivity contribution >= 4 is 28.2 Å². The number of hydrogen-bond acceptors (Lipinski definition) is 3. The van der Waals surface area contributed by atoms with Crippen LogP contribution in [0, 0.1) is 17.0 Å². The molecule has 0 N–H and O–H groups in total. The molecule has 0 bridgehead atoms. The van der Waals surface area contributed by atoms with Crippen LogP contribution in [0.1, 0.15) is 24.4 Å². The number of rotatable bonds is 2. The van der Waals surface area contributed by atoms with Crippen LogP contribution >= 0.6 is 11.6 Å². The molecular weight excluding hydrogens is 268 g/mol. The lowest BCUT2D eigenvalue weighted by atomic mass is 10.1. The van der Waals surface area contributed by atoms with Gasteiger partial charge in [-0.15, -0.1) is 0 Å². The van der Waals surface area contributed by atoms with Gasteiger partial charge in [-0.3, -0.25) is 14.9 Å². The third-order valence-corrected chi connectivity index (χ3v) is 3.72. The zero-order valence-electron chi connectivity index (χ0n) is 10.2. The second-order valence-electron chi connectivity index (χ2n) is 4.86. The molecule has 1 heterocycles. The second kappa shape index (κ2) is 4.06. The maximum Gasteiger partial charge on any atom is 0.288 e. The Bertz CT molecular complexity index is 763. The zero-order chi connectivity index (χ0) is 13.7. The average molecular weight is 279 g/mol. The molecule has 2 aromatic rings. The largest absolute Gasteiger partial charge is 0.344 e. The maximum atomic E-state index is 12.1. The fourth-order valence-corrected chi connectivity index (χ4v) is 2.52. The lowest BCUT2D eigenvalue weighted by molar-refractivity contribution is -0.384. The fourth-order valence-electron chi connectivity index (χ4n) is 2.29. The molecule has 1 fully saturated rings. The van der Waals surface area contributed by atoms with Gasteiger partial charge in [0.25, 0.3) is 5.69 Å². The summed E-state index contributed by atoms with van der Waals surface area (Å²) in [6, 6.07) is 3.18. The lowest BCUT2D eigenvalue weighted by Crippen LogP contribution is -2.12. The molecule has 0 saturated heterocycles. The van der Waals surface area contributed by atoms with Crippen molar-refractivity contribution in [2.45, 2.75) is 25.8 Å². The van der Waals surface area contributed by atoms with E-state index in [0.29, 0.717) is 22.5 Å². The van der Waals surface area contributed by atoms with Crippen molar-refractivity contribution in [2.24, 2.45) is 0 Å². The van der Waals surface area contributed by atoms with Gasteiger partial charge in [0.2, 0.25) is 0 Å². The smallest absolute Gasteiger partial charge is 0.288 e. The Kier molecular flexibility index (Phi) is 2.60. The molecule has 1 aromatic carbocycles. The Morgan fingerprint density at radius 3 is 2.68 bits per heavy atom. The van der Waals surface area contributed by atoms with Crippen molar-refractivity contribution < 1.29 is 4.92 Å².